The third-order valence-corrected chi connectivity index (χ3v) is 2.65. The van der Waals surface area contributed by atoms with Crippen molar-refractivity contribution in [2.45, 2.75) is 51.9 Å². The van der Waals surface area contributed by atoms with Gasteiger partial charge in [-0.3, -0.25) is 4.79 Å². The summed E-state index contributed by atoms with van der Waals surface area (Å²) in [6.45, 7) is 2.61. The highest BCUT2D eigenvalue weighted by atomic mass is 16.5. The smallest absolute Gasteiger partial charge is 0.306 e. The van der Waals surface area contributed by atoms with Crippen molar-refractivity contribution in [2.24, 2.45) is 5.92 Å². The Hall–Kier alpha value is -0.530. The molecule has 0 aromatic carbocycles. The first kappa shape index (κ1) is 10.6. The maximum absolute atomic E-state index is 11.2. The van der Waals surface area contributed by atoms with E-state index in [1.165, 1.54) is 32.1 Å². The van der Waals surface area contributed by atoms with E-state index in [-0.39, 0.29) is 5.97 Å². The molecule has 1 aliphatic carbocycles. The van der Waals surface area contributed by atoms with E-state index >= 15 is 0 Å². The Morgan fingerprint density at radius 2 is 2.00 bits per heavy atom. The van der Waals surface area contributed by atoms with E-state index in [0.717, 1.165) is 6.42 Å². The Morgan fingerprint density at radius 1 is 1.31 bits per heavy atom. The monoisotopic (exact) mass is 184 g/mol. The van der Waals surface area contributed by atoms with Crippen LogP contribution < -0.4 is 0 Å². The van der Waals surface area contributed by atoms with Crippen LogP contribution in [0.15, 0.2) is 0 Å². The van der Waals surface area contributed by atoms with Crippen molar-refractivity contribution in [3.63, 3.8) is 0 Å². The van der Waals surface area contributed by atoms with Crippen molar-refractivity contribution in [2.75, 3.05) is 6.61 Å². The number of esters is 1. The molecule has 0 spiro atoms. The van der Waals surface area contributed by atoms with E-state index in [2.05, 4.69) is 0 Å². The molecule has 0 radical (unpaired) electrons. The Balaban J connectivity index is 2.11. The van der Waals surface area contributed by atoms with Crippen LogP contribution in [0.1, 0.15) is 51.9 Å². The molecule has 0 bridgehead atoms. The lowest BCUT2D eigenvalue weighted by Crippen LogP contribution is -2.14. The quantitative estimate of drug-likeness (QED) is 0.628. The molecule has 1 rings (SSSR count). The Bertz CT molecular complexity index is 148. The summed E-state index contributed by atoms with van der Waals surface area (Å²) in [5, 5.41) is 0. The summed E-state index contributed by atoms with van der Waals surface area (Å²) in [5.41, 5.74) is 0. The molecule has 1 aliphatic rings. The third-order valence-electron chi connectivity index (χ3n) is 2.65. The molecule has 13 heavy (non-hydrogen) atoms. The number of carbonyl (C=O) groups is 1. The minimum Gasteiger partial charge on any atom is -0.466 e. The van der Waals surface area contributed by atoms with Crippen LogP contribution in [0.5, 0.6) is 0 Å². The van der Waals surface area contributed by atoms with E-state index in [9.17, 15) is 4.79 Å². The van der Waals surface area contributed by atoms with E-state index < -0.39 is 0 Å². The molecule has 1 fully saturated rings. The molecule has 0 aromatic rings. The standard InChI is InChI=1S/C11H20O2/c1-2-8-13-11(12)9-10-6-4-3-5-7-10/h10H,2-9H2,1H3. The molecular weight excluding hydrogens is 164 g/mol. The molecule has 0 amide bonds. The molecule has 0 aromatic heterocycles. The second-order valence-electron chi connectivity index (χ2n) is 3.93. The van der Waals surface area contributed by atoms with Gasteiger partial charge in [-0.05, 0) is 25.2 Å². The molecule has 1 saturated carbocycles. The fourth-order valence-electron chi connectivity index (χ4n) is 1.90. The van der Waals surface area contributed by atoms with Gasteiger partial charge in [-0.1, -0.05) is 26.2 Å². The van der Waals surface area contributed by atoms with Gasteiger partial charge in [-0.2, -0.15) is 0 Å². The Morgan fingerprint density at radius 3 is 2.62 bits per heavy atom. The van der Waals surface area contributed by atoms with Crippen molar-refractivity contribution in [3.05, 3.63) is 0 Å². The Labute approximate surface area is 80.7 Å². The van der Waals surface area contributed by atoms with E-state index in [1.54, 1.807) is 0 Å². The average molecular weight is 184 g/mol. The summed E-state index contributed by atoms with van der Waals surface area (Å²) >= 11 is 0. The Kier molecular flexibility index (Phi) is 4.87. The third kappa shape index (κ3) is 4.30. The number of ether oxygens (including phenoxy) is 1. The molecule has 2 heteroatoms. The first-order chi connectivity index (χ1) is 6.33. The fraction of sp³-hybridized carbons (Fsp3) is 0.909. The van der Waals surface area contributed by atoms with Gasteiger partial charge in [0.05, 0.1) is 6.61 Å². The summed E-state index contributed by atoms with van der Waals surface area (Å²) < 4.78 is 5.05. The summed E-state index contributed by atoms with van der Waals surface area (Å²) in [6, 6.07) is 0. The number of rotatable bonds is 4. The molecule has 0 saturated heterocycles. The second kappa shape index (κ2) is 6.01. The van der Waals surface area contributed by atoms with E-state index in [1.807, 2.05) is 6.92 Å². The molecule has 0 heterocycles. The first-order valence-corrected chi connectivity index (χ1v) is 5.48. The van der Waals surface area contributed by atoms with Crippen LogP contribution in [0.25, 0.3) is 0 Å². The van der Waals surface area contributed by atoms with E-state index in [4.69, 9.17) is 4.74 Å². The lowest BCUT2D eigenvalue weighted by molar-refractivity contribution is -0.145. The van der Waals surface area contributed by atoms with Crippen LogP contribution in [0.2, 0.25) is 0 Å². The summed E-state index contributed by atoms with van der Waals surface area (Å²) in [7, 11) is 0. The van der Waals surface area contributed by atoms with Gasteiger partial charge in [0.25, 0.3) is 0 Å². The van der Waals surface area contributed by atoms with Crippen molar-refractivity contribution in [1.82, 2.24) is 0 Å². The first-order valence-electron chi connectivity index (χ1n) is 5.48. The maximum Gasteiger partial charge on any atom is 0.306 e. The lowest BCUT2D eigenvalue weighted by atomic mass is 9.87. The minimum atomic E-state index is 0.00810. The lowest BCUT2D eigenvalue weighted by Gasteiger charge is -2.20. The predicted octanol–water partition coefficient (Wildman–Crippen LogP) is 2.91. The van der Waals surface area contributed by atoms with Crippen LogP contribution in [-0.2, 0) is 9.53 Å². The van der Waals surface area contributed by atoms with E-state index in [0.29, 0.717) is 18.9 Å². The molecule has 0 aliphatic heterocycles. The molecule has 2 nitrogen and oxygen atoms in total. The van der Waals surface area contributed by atoms with Gasteiger partial charge in [-0.15, -0.1) is 0 Å². The highest BCUT2D eigenvalue weighted by Crippen LogP contribution is 2.26. The fourth-order valence-corrected chi connectivity index (χ4v) is 1.90. The highest BCUT2D eigenvalue weighted by molar-refractivity contribution is 5.69. The van der Waals surface area contributed by atoms with Crippen LogP contribution in [-0.4, -0.2) is 12.6 Å². The van der Waals surface area contributed by atoms with Gasteiger partial charge in [0.2, 0.25) is 0 Å². The SMILES string of the molecule is CCCOC(=O)CC1CCCCC1. The zero-order valence-corrected chi connectivity index (χ0v) is 8.55. The van der Waals surface area contributed by atoms with Crippen LogP contribution in [0, 0.1) is 5.92 Å². The van der Waals surface area contributed by atoms with Gasteiger partial charge in [0.15, 0.2) is 0 Å². The molecule has 76 valence electrons. The van der Waals surface area contributed by atoms with Crippen molar-refractivity contribution in [1.29, 1.82) is 0 Å². The number of hydrogen-bond donors (Lipinski definition) is 0. The van der Waals surface area contributed by atoms with Crippen molar-refractivity contribution < 1.29 is 9.53 Å². The molecule has 0 unspecified atom stereocenters. The summed E-state index contributed by atoms with van der Waals surface area (Å²) in [6.07, 6.45) is 7.97. The zero-order chi connectivity index (χ0) is 9.52. The highest BCUT2D eigenvalue weighted by Gasteiger charge is 2.17. The zero-order valence-electron chi connectivity index (χ0n) is 8.55. The number of hydrogen-bond acceptors (Lipinski definition) is 2. The second-order valence-corrected chi connectivity index (χ2v) is 3.93. The molecular formula is C11H20O2. The summed E-state index contributed by atoms with van der Waals surface area (Å²) in [5.74, 6) is 0.617. The topological polar surface area (TPSA) is 26.3 Å². The summed E-state index contributed by atoms with van der Waals surface area (Å²) in [4.78, 5) is 11.2. The van der Waals surface area contributed by atoms with Gasteiger partial charge in [0.1, 0.15) is 0 Å². The van der Waals surface area contributed by atoms with Gasteiger partial charge >= 0.3 is 5.97 Å². The normalized spacial score (nSPS) is 18.5. The maximum atomic E-state index is 11.2. The molecule has 0 atom stereocenters. The molecule has 0 N–H and O–H groups in total. The van der Waals surface area contributed by atoms with Crippen molar-refractivity contribution in [3.8, 4) is 0 Å². The van der Waals surface area contributed by atoms with Crippen LogP contribution in [0.3, 0.4) is 0 Å². The number of carbonyl (C=O) groups excluding carboxylic acids is 1. The van der Waals surface area contributed by atoms with Crippen LogP contribution >= 0.6 is 0 Å². The average Bonchev–Trinajstić information content (AvgIpc) is 2.16. The van der Waals surface area contributed by atoms with Crippen LogP contribution in [0.4, 0.5) is 0 Å². The minimum absolute atomic E-state index is 0.00810. The van der Waals surface area contributed by atoms with Crippen molar-refractivity contribution >= 4 is 5.97 Å². The van der Waals surface area contributed by atoms with Gasteiger partial charge < -0.3 is 4.74 Å². The van der Waals surface area contributed by atoms with Gasteiger partial charge in [-0.25, -0.2) is 0 Å². The largest absolute Gasteiger partial charge is 0.466 e. The van der Waals surface area contributed by atoms with Gasteiger partial charge in [0, 0.05) is 6.42 Å². The predicted molar refractivity (Wildman–Crippen MR) is 52.4 cm³/mol.